The maximum atomic E-state index is 12.5. The van der Waals surface area contributed by atoms with Gasteiger partial charge in [0, 0.05) is 23.5 Å². The average molecular weight is 310 g/mol. The highest BCUT2D eigenvalue weighted by Gasteiger charge is 2.41. The Labute approximate surface area is 135 Å². The summed E-state index contributed by atoms with van der Waals surface area (Å²) in [6.07, 6.45) is -0.551. The summed E-state index contributed by atoms with van der Waals surface area (Å²) >= 11 is 0. The molecule has 0 fully saturated rings. The minimum absolute atomic E-state index is 0.00907. The van der Waals surface area contributed by atoms with Crippen LogP contribution in [0.25, 0.3) is 0 Å². The number of Topliss-reactive ketones (excluding diaryl/α,β-unsaturated/α-hetero) is 1. The molecule has 0 radical (unpaired) electrons. The number of hydrogen-bond donors (Lipinski definition) is 0. The average Bonchev–Trinajstić information content (AvgIpc) is 2.95. The van der Waals surface area contributed by atoms with Gasteiger partial charge in [-0.15, -0.1) is 0 Å². The molecule has 0 saturated carbocycles. The number of carbonyl (C=O) groups is 2. The van der Waals surface area contributed by atoms with Gasteiger partial charge in [-0.2, -0.15) is 0 Å². The molecule has 1 aliphatic rings. The van der Waals surface area contributed by atoms with Crippen LogP contribution in [0.1, 0.15) is 35.2 Å². The summed E-state index contributed by atoms with van der Waals surface area (Å²) in [7, 11) is 0. The number of rotatable bonds is 5. The third-order valence-corrected chi connectivity index (χ3v) is 3.96. The molecule has 0 unspecified atom stereocenters. The summed E-state index contributed by atoms with van der Waals surface area (Å²) in [5.74, 6) is -0.103. The van der Waals surface area contributed by atoms with Crippen LogP contribution in [0.5, 0.6) is 5.75 Å². The fourth-order valence-electron chi connectivity index (χ4n) is 2.87. The lowest BCUT2D eigenvalue weighted by Crippen LogP contribution is -2.32. The van der Waals surface area contributed by atoms with Crippen LogP contribution in [0.4, 0.5) is 0 Å². The molecule has 1 aliphatic heterocycles. The number of hydrogen-bond acceptors (Lipinski definition) is 4. The van der Waals surface area contributed by atoms with Gasteiger partial charge in [0.1, 0.15) is 5.75 Å². The van der Waals surface area contributed by atoms with Gasteiger partial charge in [-0.25, -0.2) is 4.79 Å². The van der Waals surface area contributed by atoms with Crippen molar-refractivity contribution < 1.29 is 19.1 Å². The molecule has 0 saturated heterocycles. The van der Waals surface area contributed by atoms with E-state index in [-0.39, 0.29) is 24.7 Å². The zero-order chi connectivity index (χ0) is 16.2. The van der Waals surface area contributed by atoms with Crippen LogP contribution >= 0.6 is 0 Å². The second-order valence-electron chi connectivity index (χ2n) is 5.43. The van der Waals surface area contributed by atoms with E-state index in [0.717, 1.165) is 5.56 Å². The maximum Gasteiger partial charge on any atom is 0.347 e. The van der Waals surface area contributed by atoms with Crippen LogP contribution in [-0.4, -0.2) is 24.5 Å². The van der Waals surface area contributed by atoms with Crippen molar-refractivity contribution in [3.63, 3.8) is 0 Å². The highest BCUT2D eigenvalue weighted by Crippen LogP contribution is 2.41. The van der Waals surface area contributed by atoms with E-state index >= 15 is 0 Å². The summed E-state index contributed by atoms with van der Waals surface area (Å²) in [5, 5.41) is 0. The normalized spacial score (nSPS) is 18.8. The fraction of sp³-hybridized carbons (Fsp3) is 0.263. The number of carbonyl (C=O) groups excluding carboxylic acids is 2. The van der Waals surface area contributed by atoms with Gasteiger partial charge >= 0.3 is 5.97 Å². The van der Waals surface area contributed by atoms with Gasteiger partial charge in [0.15, 0.2) is 5.78 Å². The second kappa shape index (κ2) is 6.65. The summed E-state index contributed by atoms with van der Waals surface area (Å²) in [6, 6.07) is 16.5. The fourth-order valence-corrected chi connectivity index (χ4v) is 2.87. The SMILES string of the molecule is CCOC(=O)[C@@H]1Oc2ccccc2[C@H]1CC(=O)c1ccccc1. The Bertz CT molecular complexity index is 708. The first-order valence-electron chi connectivity index (χ1n) is 7.71. The summed E-state index contributed by atoms with van der Waals surface area (Å²) in [5.41, 5.74) is 1.52. The van der Waals surface area contributed by atoms with E-state index in [1.54, 1.807) is 19.1 Å². The molecule has 0 amide bonds. The molecule has 1 heterocycles. The van der Waals surface area contributed by atoms with E-state index in [2.05, 4.69) is 0 Å². The van der Waals surface area contributed by atoms with Crippen molar-refractivity contribution in [1.29, 1.82) is 0 Å². The Balaban J connectivity index is 1.86. The first-order valence-corrected chi connectivity index (χ1v) is 7.71. The minimum Gasteiger partial charge on any atom is -0.478 e. The summed E-state index contributed by atoms with van der Waals surface area (Å²) in [4.78, 5) is 24.7. The highest BCUT2D eigenvalue weighted by atomic mass is 16.6. The van der Waals surface area contributed by atoms with Gasteiger partial charge in [-0.3, -0.25) is 4.79 Å². The van der Waals surface area contributed by atoms with Crippen LogP contribution in [-0.2, 0) is 9.53 Å². The van der Waals surface area contributed by atoms with Crippen molar-refractivity contribution in [3.8, 4) is 5.75 Å². The zero-order valence-electron chi connectivity index (χ0n) is 12.9. The van der Waals surface area contributed by atoms with E-state index in [0.29, 0.717) is 11.3 Å². The van der Waals surface area contributed by atoms with E-state index < -0.39 is 12.1 Å². The van der Waals surface area contributed by atoms with Crippen molar-refractivity contribution in [2.24, 2.45) is 0 Å². The molecule has 118 valence electrons. The first-order chi connectivity index (χ1) is 11.2. The van der Waals surface area contributed by atoms with Crippen molar-refractivity contribution in [2.45, 2.75) is 25.4 Å². The van der Waals surface area contributed by atoms with Crippen LogP contribution in [0.2, 0.25) is 0 Å². The molecular weight excluding hydrogens is 292 g/mol. The van der Waals surface area contributed by atoms with Gasteiger partial charge < -0.3 is 9.47 Å². The number of fused-ring (bicyclic) bond motifs is 1. The lowest BCUT2D eigenvalue weighted by molar-refractivity contribution is -0.151. The quantitative estimate of drug-likeness (QED) is 0.627. The molecular formula is C19H18O4. The van der Waals surface area contributed by atoms with Gasteiger partial charge in [-0.1, -0.05) is 48.5 Å². The lowest BCUT2D eigenvalue weighted by atomic mass is 9.88. The monoisotopic (exact) mass is 310 g/mol. The number of esters is 1. The van der Waals surface area contributed by atoms with Crippen molar-refractivity contribution in [2.75, 3.05) is 6.61 Å². The van der Waals surface area contributed by atoms with Gasteiger partial charge in [0.05, 0.1) is 6.61 Å². The predicted octanol–water partition coefficient (Wildman–Crippen LogP) is 3.37. The molecule has 2 aromatic carbocycles. The molecule has 23 heavy (non-hydrogen) atoms. The van der Waals surface area contributed by atoms with Crippen molar-refractivity contribution >= 4 is 11.8 Å². The Hall–Kier alpha value is -2.62. The Morgan fingerprint density at radius 2 is 1.74 bits per heavy atom. The predicted molar refractivity (Wildman–Crippen MR) is 85.6 cm³/mol. The molecule has 2 aromatic rings. The van der Waals surface area contributed by atoms with E-state index in [1.807, 2.05) is 42.5 Å². The van der Waals surface area contributed by atoms with Crippen molar-refractivity contribution in [1.82, 2.24) is 0 Å². The number of ketones is 1. The molecule has 0 N–H and O–H groups in total. The van der Waals surface area contributed by atoms with Crippen LogP contribution in [0, 0.1) is 0 Å². The van der Waals surface area contributed by atoms with Crippen molar-refractivity contribution in [3.05, 3.63) is 65.7 Å². The minimum atomic E-state index is -0.764. The Kier molecular flexibility index (Phi) is 4.42. The topological polar surface area (TPSA) is 52.6 Å². The van der Waals surface area contributed by atoms with Crippen LogP contribution in [0.3, 0.4) is 0 Å². The third kappa shape index (κ3) is 3.11. The Morgan fingerprint density at radius 1 is 1.04 bits per heavy atom. The van der Waals surface area contributed by atoms with Crippen LogP contribution < -0.4 is 4.74 Å². The molecule has 4 heteroatoms. The van der Waals surface area contributed by atoms with E-state index in [9.17, 15) is 9.59 Å². The smallest absolute Gasteiger partial charge is 0.347 e. The number of benzene rings is 2. The standard InChI is InChI=1S/C19H18O4/c1-2-22-19(21)18-15(14-10-6-7-11-17(14)23-18)12-16(20)13-8-4-3-5-9-13/h3-11,15,18H,2,12H2,1H3/t15-,18-/m1/s1. The van der Waals surface area contributed by atoms with Crippen LogP contribution in [0.15, 0.2) is 54.6 Å². The van der Waals surface area contributed by atoms with Gasteiger partial charge in [-0.05, 0) is 13.0 Å². The molecule has 0 aromatic heterocycles. The van der Waals surface area contributed by atoms with E-state index in [1.165, 1.54) is 0 Å². The Morgan fingerprint density at radius 3 is 2.48 bits per heavy atom. The number of ether oxygens (including phenoxy) is 2. The molecule has 2 atom stereocenters. The molecule has 4 nitrogen and oxygen atoms in total. The first kappa shape index (κ1) is 15.3. The third-order valence-electron chi connectivity index (χ3n) is 3.96. The lowest BCUT2D eigenvalue weighted by Gasteiger charge is -2.17. The van der Waals surface area contributed by atoms with E-state index in [4.69, 9.17) is 9.47 Å². The molecule has 0 spiro atoms. The maximum absolute atomic E-state index is 12.5. The summed E-state index contributed by atoms with van der Waals surface area (Å²) in [6.45, 7) is 2.04. The van der Waals surface area contributed by atoms with Gasteiger partial charge in [0.2, 0.25) is 6.10 Å². The zero-order valence-corrected chi connectivity index (χ0v) is 12.9. The molecule has 0 aliphatic carbocycles. The number of para-hydroxylation sites is 1. The molecule has 0 bridgehead atoms. The largest absolute Gasteiger partial charge is 0.478 e. The second-order valence-corrected chi connectivity index (χ2v) is 5.43. The van der Waals surface area contributed by atoms with Gasteiger partial charge in [0.25, 0.3) is 0 Å². The summed E-state index contributed by atoms with van der Waals surface area (Å²) < 4.78 is 10.8. The molecule has 3 rings (SSSR count). The highest BCUT2D eigenvalue weighted by molar-refractivity contribution is 5.97.